The van der Waals surface area contributed by atoms with Gasteiger partial charge in [-0.1, -0.05) is 19.3 Å². The number of hydrogen-bond donors (Lipinski definition) is 5. The van der Waals surface area contributed by atoms with Gasteiger partial charge in [-0.05, 0) is 12.8 Å². The van der Waals surface area contributed by atoms with Crippen LogP contribution in [0.1, 0.15) is 32.1 Å². The Hall–Kier alpha value is -0.200. The molecule has 16 heavy (non-hydrogen) atoms. The van der Waals surface area contributed by atoms with Crippen LogP contribution in [0.3, 0.4) is 0 Å². The fourth-order valence-corrected chi connectivity index (χ4v) is 2.19. The van der Waals surface area contributed by atoms with Gasteiger partial charge in [-0.2, -0.15) is 0 Å². The molecule has 0 saturated carbocycles. The highest BCUT2D eigenvalue weighted by atomic mass is 16.3. The first kappa shape index (κ1) is 13.9. The van der Waals surface area contributed by atoms with Crippen LogP contribution in [-0.2, 0) is 0 Å². The smallest absolute Gasteiger partial charge is 0.0989 e. The van der Waals surface area contributed by atoms with Gasteiger partial charge in [0.15, 0.2) is 0 Å². The standard InChI is InChI=1S/C11H23NO4/c13-6-4-2-1-3-5-8-10(15)11(16)9(7-14)12-8/h8-16H,1-7H2/t8-,9-,10-,11-/m0/s1. The summed E-state index contributed by atoms with van der Waals surface area (Å²) in [7, 11) is 0. The first-order valence-corrected chi connectivity index (χ1v) is 6.04. The van der Waals surface area contributed by atoms with Gasteiger partial charge in [-0.25, -0.2) is 0 Å². The van der Waals surface area contributed by atoms with E-state index in [9.17, 15) is 10.2 Å². The molecule has 5 nitrogen and oxygen atoms in total. The molecular formula is C11H23NO4. The van der Waals surface area contributed by atoms with Crippen molar-refractivity contribution in [1.82, 2.24) is 5.32 Å². The third kappa shape index (κ3) is 3.68. The molecule has 5 heteroatoms. The quantitative estimate of drug-likeness (QED) is 0.363. The predicted molar refractivity (Wildman–Crippen MR) is 60.0 cm³/mol. The molecule has 96 valence electrons. The van der Waals surface area contributed by atoms with Crippen LogP contribution in [0.25, 0.3) is 0 Å². The van der Waals surface area contributed by atoms with Crippen molar-refractivity contribution in [2.45, 2.75) is 56.4 Å². The minimum absolute atomic E-state index is 0.124. The number of aliphatic hydroxyl groups is 4. The van der Waals surface area contributed by atoms with E-state index >= 15 is 0 Å². The van der Waals surface area contributed by atoms with Crippen molar-refractivity contribution in [3.63, 3.8) is 0 Å². The monoisotopic (exact) mass is 233 g/mol. The van der Waals surface area contributed by atoms with E-state index in [-0.39, 0.29) is 19.3 Å². The fraction of sp³-hybridized carbons (Fsp3) is 1.00. The summed E-state index contributed by atoms with van der Waals surface area (Å²) in [6.07, 6.45) is 2.93. The van der Waals surface area contributed by atoms with Crippen LogP contribution in [0.15, 0.2) is 0 Å². The van der Waals surface area contributed by atoms with E-state index in [0.717, 1.165) is 32.1 Å². The summed E-state index contributed by atoms with van der Waals surface area (Å²) in [6.45, 7) is 0.0782. The van der Waals surface area contributed by atoms with Crippen molar-refractivity contribution in [3.05, 3.63) is 0 Å². The van der Waals surface area contributed by atoms with E-state index in [4.69, 9.17) is 10.2 Å². The third-order valence-electron chi connectivity index (χ3n) is 3.22. The molecule has 1 heterocycles. The third-order valence-corrected chi connectivity index (χ3v) is 3.22. The molecule has 0 radical (unpaired) electrons. The molecule has 0 unspecified atom stereocenters. The second-order valence-electron chi connectivity index (χ2n) is 4.47. The zero-order valence-corrected chi connectivity index (χ0v) is 9.55. The van der Waals surface area contributed by atoms with E-state index in [0.29, 0.717) is 0 Å². The summed E-state index contributed by atoms with van der Waals surface area (Å²) in [6, 6.07) is -0.529. The van der Waals surface area contributed by atoms with E-state index in [1.165, 1.54) is 0 Å². The van der Waals surface area contributed by atoms with Gasteiger partial charge in [0, 0.05) is 12.6 Å². The predicted octanol–water partition coefficient (Wildman–Crippen LogP) is -1.02. The molecule has 1 fully saturated rings. The average Bonchev–Trinajstić information content (AvgIpc) is 2.56. The fourth-order valence-electron chi connectivity index (χ4n) is 2.19. The van der Waals surface area contributed by atoms with Crippen molar-refractivity contribution in [2.75, 3.05) is 13.2 Å². The Balaban J connectivity index is 2.17. The Morgan fingerprint density at radius 1 is 0.812 bits per heavy atom. The first-order valence-electron chi connectivity index (χ1n) is 6.04. The van der Waals surface area contributed by atoms with Gasteiger partial charge >= 0.3 is 0 Å². The van der Waals surface area contributed by atoms with Crippen LogP contribution < -0.4 is 5.32 Å². The molecular weight excluding hydrogens is 210 g/mol. The SMILES string of the molecule is OCCCCCC[C@@H]1N[C@@H](CO)[C@H](O)[C@H]1O. The maximum absolute atomic E-state index is 9.70. The second-order valence-corrected chi connectivity index (χ2v) is 4.47. The summed E-state index contributed by atoms with van der Waals surface area (Å²) in [5.41, 5.74) is 0. The summed E-state index contributed by atoms with van der Waals surface area (Å²) in [4.78, 5) is 0. The molecule has 4 atom stereocenters. The largest absolute Gasteiger partial charge is 0.396 e. The van der Waals surface area contributed by atoms with Gasteiger partial charge in [-0.3, -0.25) is 0 Å². The molecule has 0 aliphatic carbocycles. The van der Waals surface area contributed by atoms with Gasteiger partial charge in [0.25, 0.3) is 0 Å². The summed E-state index contributed by atoms with van der Waals surface area (Å²) < 4.78 is 0. The zero-order valence-electron chi connectivity index (χ0n) is 9.55. The molecule has 0 aromatic carbocycles. The average molecular weight is 233 g/mol. The van der Waals surface area contributed by atoms with Crippen LogP contribution in [0.4, 0.5) is 0 Å². The number of aliphatic hydroxyl groups excluding tert-OH is 4. The maximum atomic E-state index is 9.70. The van der Waals surface area contributed by atoms with Crippen molar-refractivity contribution in [1.29, 1.82) is 0 Å². The highest BCUT2D eigenvalue weighted by molar-refractivity contribution is 4.97. The van der Waals surface area contributed by atoms with E-state index in [1.54, 1.807) is 0 Å². The van der Waals surface area contributed by atoms with Gasteiger partial charge in [0.2, 0.25) is 0 Å². The number of unbranched alkanes of at least 4 members (excludes halogenated alkanes) is 3. The number of nitrogens with one attached hydrogen (secondary N) is 1. The normalized spacial score (nSPS) is 34.5. The van der Waals surface area contributed by atoms with Crippen LogP contribution in [-0.4, -0.2) is 57.9 Å². The Morgan fingerprint density at radius 2 is 1.44 bits per heavy atom. The second kappa shape index (κ2) is 7.19. The van der Waals surface area contributed by atoms with E-state index in [2.05, 4.69) is 5.32 Å². The topological polar surface area (TPSA) is 93.0 Å². The van der Waals surface area contributed by atoms with Crippen LogP contribution in [0, 0.1) is 0 Å². The Morgan fingerprint density at radius 3 is 2.00 bits per heavy atom. The Kier molecular flexibility index (Phi) is 6.23. The lowest BCUT2D eigenvalue weighted by molar-refractivity contribution is 0.0186. The molecule has 5 N–H and O–H groups in total. The summed E-state index contributed by atoms with van der Waals surface area (Å²) in [5.74, 6) is 0. The van der Waals surface area contributed by atoms with Gasteiger partial charge in [0.05, 0.1) is 24.9 Å². The molecule has 0 aromatic heterocycles. The van der Waals surface area contributed by atoms with Gasteiger partial charge in [0.1, 0.15) is 0 Å². The summed E-state index contributed by atoms with van der Waals surface area (Å²) in [5, 5.41) is 39.9. The lowest BCUT2D eigenvalue weighted by Crippen LogP contribution is -2.36. The van der Waals surface area contributed by atoms with E-state index in [1.807, 2.05) is 0 Å². The number of rotatable bonds is 7. The number of hydrogen-bond acceptors (Lipinski definition) is 5. The highest BCUT2D eigenvalue weighted by Gasteiger charge is 2.39. The van der Waals surface area contributed by atoms with Gasteiger partial charge < -0.3 is 25.7 Å². The van der Waals surface area contributed by atoms with Crippen molar-refractivity contribution in [3.8, 4) is 0 Å². The molecule has 1 aliphatic heterocycles. The first-order chi connectivity index (χ1) is 7.70. The molecule has 1 rings (SSSR count). The van der Waals surface area contributed by atoms with Crippen molar-refractivity contribution >= 4 is 0 Å². The molecule has 1 aliphatic rings. The molecule has 0 aromatic rings. The minimum Gasteiger partial charge on any atom is -0.396 e. The molecule has 1 saturated heterocycles. The van der Waals surface area contributed by atoms with Crippen LogP contribution in [0.5, 0.6) is 0 Å². The molecule has 0 amide bonds. The Bertz CT molecular complexity index is 191. The van der Waals surface area contributed by atoms with E-state index < -0.39 is 18.2 Å². The molecule has 0 bridgehead atoms. The lowest BCUT2D eigenvalue weighted by atomic mass is 10.0. The van der Waals surface area contributed by atoms with Crippen molar-refractivity contribution < 1.29 is 20.4 Å². The maximum Gasteiger partial charge on any atom is 0.0989 e. The Labute approximate surface area is 96.1 Å². The zero-order chi connectivity index (χ0) is 12.0. The van der Waals surface area contributed by atoms with Crippen molar-refractivity contribution in [2.24, 2.45) is 0 Å². The highest BCUT2D eigenvalue weighted by Crippen LogP contribution is 2.19. The van der Waals surface area contributed by atoms with Crippen LogP contribution in [0.2, 0.25) is 0 Å². The van der Waals surface area contributed by atoms with Gasteiger partial charge in [-0.15, -0.1) is 0 Å². The lowest BCUT2D eigenvalue weighted by Gasteiger charge is -2.15. The van der Waals surface area contributed by atoms with Crippen LogP contribution >= 0.6 is 0 Å². The summed E-state index contributed by atoms with van der Waals surface area (Å²) >= 11 is 0. The minimum atomic E-state index is -0.868. The molecule has 0 spiro atoms.